The Morgan fingerprint density at radius 1 is 1.25 bits per heavy atom. The highest BCUT2D eigenvalue weighted by Crippen LogP contribution is 2.23. The van der Waals surface area contributed by atoms with E-state index in [1.807, 2.05) is 0 Å². The summed E-state index contributed by atoms with van der Waals surface area (Å²) >= 11 is 0. The third-order valence-electron chi connectivity index (χ3n) is 3.61. The van der Waals surface area contributed by atoms with Gasteiger partial charge in [-0.1, -0.05) is 37.1 Å². The van der Waals surface area contributed by atoms with Crippen LogP contribution in [0.5, 0.6) is 0 Å². The summed E-state index contributed by atoms with van der Waals surface area (Å²) in [5.74, 6) is 0. The van der Waals surface area contributed by atoms with E-state index in [0.29, 0.717) is 6.54 Å². The summed E-state index contributed by atoms with van der Waals surface area (Å²) in [7, 11) is 2.24. The topological polar surface area (TPSA) is 29.3 Å². The standard InChI is InChI=1S/C14H22N2/c1-16(14-7-2-3-8-14)11-13-6-4-5-12(9-13)10-15/h4-6,9,14H,2-3,7-8,10-11,15H2,1H3. The molecule has 0 radical (unpaired) electrons. The minimum Gasteiger partial charge on any atom is -0.326 e. The molecule has 2 heteroatoms. The summed E-state index contributed by atoms with van der Waals surface area (Å²) in [6.45, 7) is 1.69. The van der Waals surface area contributed by atoms with Gasteiger partial charge in [-0.15, -0.1) is 0 Å². The van der Waals surface area contributed by atoms with Crippen molar-refractivity contribution in [3.63, 3.8) is 0 Å². The highest BCUT2D eigenvalue weighted by molar-refractivity contribution is 5.23. The number of rotatable bonds is 4. The van der Waals surface area contributed by atoms with Crippen LogP contribution in [-0.2, 0) is 13.1 Å². The molecule has 88 valence electrons. The molecule has 0 spiro atoms. The van der Waals surface area contributed by atoms with Crippen molar-refractivity contribution in [2.75, 3.05) is 7.05 Å². The van der Waals surface area contributed by atoms with Crippen LogP contribution in [0.25, 0.3) is 0 Å². The fourth-order valence-electron chi connectivity index (χ4n) is 2.62. The van der Waals surface area contributed by atoms with Crippen LogP contribution in [0.3, 0.4) is 0 Å². The lowest BCUT2D eigenvalue weighted by Crippen LogP contribution is -2.28. The first-order valence-electron chi connectivity index (χ1n) is 6.27. The van der Waals surface area contributed by atoms with Crippen LogP contribution in [0, 0.1) is 0 Å². The normalized spacial score (nSPS) is 17.2. The van der Waals surface area contributed by atoms with Gasteiger partial charge in [-0.25, -0.2) is 0 Å². The lowest BCUT2D eigenvalue weighted by atomic mass is 10.1. The van der Waals surface area contributed by atoms with Crippen LogP contribution in [0.15, 0.2) is 24.3 Å². The molecule has 0 unspecified atom stereocenters. The first-order chi connectivity index (χ1) is 7.79. The van der Waals surface area contributed by atoms with Crippen molar-refractivity contribution in [2.45, 2.75) is 44.8 Å². The monoisotopic (exact) mass is 218 g/mol. The predicted octanol–water partition coefficient (Wildman–Crippen LogP) is 2.52. The molecule has 0 bridgehead atoms. The lowest BCUT2D eigenvalue weighted by Gasteiger charge is -2.24. The summed E-state index contributed by atoms with van der Waals surface area (Å²) in [4.78, 5) is 2.49. The molecule has 2 nitrogen and oxygen atoms in total. The van der Waals surface area contributed by atoms with E-state index in [-0.39, 0.29) is 0 Å². The van der Waals surface area contributed by atoms with Gasteiger partial charge in [0.15, 0.2) is 0 Å². The van der Waals surface area contributed by atoms with Crippen LogP contribution in [0.1, 0.15) is 36.8 Å². The van der Waals surface area contributed by atoms with E-state index in [4.69, 9.17) is 5.73 Å². The number of benzene rings is 1. The zero-order valence-electron chi connectivity index (χ0n) is 10.2. The molecule has 1 aliphatic rings. The van der Waals surface area contributed by atoms with Crippen molar-refractivity contribution in [1.29, 1.82) is 0 Å². The average molecular weight is 218 g/mol. The summed E-state index contributed by atoms with van der Waals surface area (Å²) in [6.07, 6.45) is 5.54. The third kappa shape index (κ3) is 2.83. The molecule has 0 atom stereocenters. The SMILES string of the molecule is CN(Cc1cccc(CN)c1)C1CCCC1. The van der Waals surface area contributed by atoms with E-state index in [1.54, 1.807) is 0 Å². The number of nitrogens with two attached hydrogens (primary N) is 1. The smallest absolute Gasteiger partial charge is 0.0233 e. The van der Waals surface area contributed by atoms with Gasteiger partial charge in [-0.05, 0) is 31.0 Å². The van der Waals surface area contributed by atoms with Crippen molar-refractivity contribution in [1.82, 2.24) is 4.90 Å². The maximum absolute atomic E-state index is 5.66. The fourth-order valence-corrected chi connectivity index (χ4v) is 2.62. The van der Waals surface area contributed by atoms with E-state index in [0.717, 1.165) is 12.6 Å². The molecule has 0 aliphatic heterocycles. The highest BCUT2D eigenvalue weighted by atomic mass is 15.1. The van der Waals surface area contributed by atoms with E-state index in [2.05, 4.69) is 36.2 Å². The average Bonchev–Trinajstić information content (AvgIpc) is 2.83. The number of hydrogen-bond donors (Lipinski definition) is 1. The molecule has 1 aromatic carbocycles. The zero-order chi connectivity index (χ0) is 11.4. The Labute approximate surface area is 98.4 Å². The van der Waals surface area contributed by atoms with E-state index >= 15 is 0 Å². The minimum atomic E-state index is 0.640. The maximum Gasteiger partial charge on any atom is 0.0233 e. The second kappa shape index (κ2) is 5.46. The Kier molecular flexibility index (Phi) is 3.97. The van der Waals surface area contributed by atoms with Crippen LogP contribution < -0.4 is 5.73 Å². The zero-order valence-corrected chi connectivity index (χ0v) is 10.2. The molecule has 1 saturated carbocycles. The van der Waals surface area contributed by atoms with Gasteiger partial charge in [0, 0.05) is 19.1 Å². The Morgan fingerprint density at radius 3 is 2.62 bits per heavy atom. The minimum absolute atomic E-state index is 0.640. The van der Waals surface area contributed by atoms with Crippen LogP contribution >= 0.6 is 0 Å². The Bertz CT molecular complexity index is 329. The van der Waals surface area contributed by atoms with Crippen molar-refractivity contribution in [2.24, 2.45) is 5.73 Å². The first kappa shape index (κ1) is 11.6. The molecule has 0 heterocycles. The van der Waals surface area contributed by atoms with Gasteiger partial charge in [0.25, 0.3) is 0 Å². The maximum atomic E-state index is 5.66. The summed E-state index contributed by atoms with van der Waals surface area (Å²) in [6, 6.07) is 9.43. The quantitative estimate of drug-likeness (QED) is 0.841. The number of nitrogens with zero attached hydrogens (tertiary/aromatic N) is 1. The molecule has 1 aromatic rings. The summed E-state index contributed by atoms with van der Waals surface area (Å²) in [5, 5.41) is 0. The molecule has 0 aromatic heterocycles. The van der Waals surface area contributed by atoms with Crippen molar-refractivity contribution >= 4 is 0 Å². The Hall–Kier alpha value is -0.860. The molecule has 0 saturated heterocycles. The lowest BCUT2D eigenvalue weighted by molar-refractivity contribution is 0.237. The van der Waals surface area contributed by atoms with Gasteiger partial charge < -0.3 is 5.73 Å². The second-order valence-corrected chi connectivity index (χ2v) is 4.88. The van der Waals surface area contributed by atoms with Crippen molar-refractivity contribution in [3.8, 4) is 0 Å². The first-order valence-corrected chi connectivity index (χ1v) is 6.27. The van der Waals surface area contributed by atoms with E-state index in [9.17, 15) is 0 Å². The molecule has 2 rings (SSSR count). The molecule has 1 aliphatic carbocycles. The van der Waals surface area contributed by atoms with Crippen LogP contribution in [0.4, 0.5) is 0 Å². The van der Waals surface area contributed by atoms with Crippen LogP contribution in [-0.4, -0.2) is 18.0 Å². The number of hydrogen-bond acceptors (Lipinski definition) is 2. The van der Waals surface area contributed by atoms with Gasteiger partial charge >= 0.3 is 0 Å². The summed E-state index contributed by atoms with van der Waals surface area (Å²) < 4.78 is 0. The second-order valence-electron chi connectivity index (χ2n) is 4.88. The third-order valence-corrected chi connectivity index (χ3v) is 3.61. The molecule has 16 heavy (non-hydrogen) atoms. The fraction of sp³-hybridized carbons (Fsp3) is 0.571. The van der Waals surface area contributed by atoms with Crippen molar-refractivity contribution in [3.05, 3.63) is 35.4 Å². The van der Waals surface area contributed by atoms with Gasteiger partial charge in [0.2, 0.25) is 0 Å². The molecular formula is C14H22N2. The van der Waals surface area contributed by atoms with Crippen LogP contribution in [0.2, 0.25) is 0 Å². The van der Waals surface area contributed by atoms with Gasteiger partial charge in [0.05, 0.1) is 0 Å². The molecule has 1 fully saturated rings. The van der Waals surface area contributed by atoms with E-state index in [1.165, 1.54) is 36.8 Å². The highest BCUT2D eigenvalue weighted by Gasteiger charge is 2.19. The Morgan fingerprint density at radius 2 is 1.94 bits per heavy atom. The van der Waals surface area contributed by atoms with Gasteiger partial charge in [-0.2, -0.15) is 0 Å². The van der Waals surface area contributed by atoms with Gasteiger partial charge in [-0.3, -0.25) is 4.90 Å². The van der Waals surface area contributed by atoms with Crippen molar-refractivity contribution < 1.29 is 0 Å². The largest absolute Gasteiger partial charge is 0.326 e. The van der Waals surface area contributed by atoms with Gasteiger partial charge in [0.1, 0.15) is 0 Å². The summed E-state index contributed by atoms with van der Waals surface area (Å²) in [5.41, 5.74) is 8.28. The predicted molar refractivity (Wildman–Crippen MR) is 68.1 cm³/mol. The molecule has 2 N–H and O–H groups in total. The molecule has 0 amide bonds. The van der Waals surface area contributed by atoms with E-state index < -0.39 is 0 Å². The Balaban J connectivity index is 1.96. The molecular weight excluding hydrogens is 196 g/mol.